The van der Waals surface area contributed by atoms with E-state index < -0.39 is 97.5 Å². The van der Waals surface area contributed by atoms with Crippen LogP contribution in [-0.2, 0) is 65.4 Å². The molecule has 0 amide bonds. The van der Waals surface area contributed by atoms with Crippen LogP contribution in [0.1, 0.15) is 363 Å². The van der Waals surface area contributed by atoms with Gasteiger partial charge in [0.25, 0.3) is 0 Å². The Bertz CT molecular complexity index is 1780. The predicted molar refractivity (Wildman–Crippen MR) is 368 cm³/mol. The molecule has 0 aliphatic heterocycles. The molecule has 0 aromatic carbocycles. The number of carbonyl (C=O) groups excluding carboxylic acids is 4. The zero-order valence-corrected chi connectivity index (χ0v) is 61.1. The highest BCUT2D eigenvalue weighted by Gasteiger charge is 2.30. The van der Waals surface area contributed by atoms with Crippen LogP contribution in [0.15, 0.2) is 0 Å². The number of carbonyl (C=O) groups is 4. The average molecular weight is 1340 g/mol. The summed E-state index contributed by atoms with van der Waals surface area (Å²) in [4.78, 5) is 72.4. The number of hydrogen-bond donors (Lipinski definition) is 3. The maximum absolute atomic E-state index is 13.0. The lowest BCUT2D eigenvalue weighted by atomic mass is 10.0. The molecule has 3 N–H and O–H groups in total. The zero-order chi connectivity index (χ0) is 67.3. The van der Waals surface area contributed by atoms with Gasteiger partial charge in [-0.3, -0.25) is 37.3 Å². The van der Waals surface area contributed by atoms with Gasteiger partial charge in [-0.2, -0.15) is 0 Å². The Balaban J connectivity index is 5.12. The zero-order valence-electron chi connectivity index (χ0n) is 59.3. The van der Waals surface area contributed by atoms with Crippen LogP contribution in [0, 0.1) is 17.8 Å². The second kappa shape index (κ2) is 62.8. The van der Waals surface area contributed by atoms with Crippen LogP contribution in [0.4, 0.5) is 0 Å². The third kappa shape index (κ3) is 66.5. The molecule has 0 rings (SSSR count). The average Bonchev–Trinajstić information content (AvgIpc) is 2.87. The van der Waals surface area contributed by atoms with E-state index in [1.807, 2.05) is 0 Å². The molecule has 17 nitrogen and oxygen atoms in total. The van der Waals surface area contributed by atoms with Gasteiger partial charge in [0, 0.05) is 25.7 Å². The lowest BCUT2D eigenvalue weighted by Crippen LogP contribution is -2.30. The molecule has 0 radical (unpaired) electrons. The molecule has 0 aromatic heterocycles. The highest BCUT2D eigenvalue weighted by Crippen LogP contribution is 2.45. The predicted octanol–water partition coefficient (Wildman–Crippen LogP) is 20.6. The highest BCUT2D eigenvalue weighted by atomic mass is 31.2. The Labute approximate surface area is 556 Å². The van der Waals surface area contributed by atoms with Gasteiger partial charge in [-0.05, 0) is 43.4 Å². The van der Waals surface area contributed by atoms with Crippen molar-refractivity contribution >= 4 is 39.5 Å². The number of ether oxygens (including phenoxy) is 4. The van der Waals surface area contributed by atoms with E-state index in [0.717, 1.165) is 103 Å². The number of hydrogen-bond acceptors (Lipinski definition) is 15. The number of rotatable bonds is 70. The van der Waals surface area contributed by atoms with Gasteiger partial charge in [-0.25, -0.2) is 9.13 Å². The minimum absolute atomic E-state index is 0.102. The van der Waals surface area contributed by atoms with Crippen molar-refractivity contribution in [3.05, 3.63) is 0 Å². The van der Waals surface area contributed by atoms with Gasteiger partial charge in [0.1, 0.15) is 19.3 Å². The molecule has 5 atom stereocenters. The first-order valence-electron chi connectivity index (χ1n) is 37.3. The number of unbranched alkanes of at least 4 members (excludes halogenated alkanes) is 38. The number of esters is 4. The number of aliphatic hydroxyl groups excluding tert-OH is 1. The molecular formula is C72H140O17P2. The first-order valence-corrected chi connectivity index (χ1v) is 40.3. The molecule has 0 heterocycles. The van der Waals surface area contributed by atoms with Crippen molar-refractivity contribution in [3.8, 4) is 0 Å². The van der Waals surface area contributed by atoms with E-state index >= 15 is 0 Å². The second-order valence-electron chi connectivity index (χ2n) is 27.4. The highest BCUT2D eigenvalue weighted by molar-refractivity contribution is 7.47. The Morgan fingerprint density at radius 2 is 0.505 bits per heavy atom. The normalized spacial score (nSPS) is 14.2. The summed E-state index contributed by atoms with van der Waals surface area (Å²) in [6.45, 7) is 11.6. The molecule has 0 aromatic rings. The molecule has 0 saturated carbocycles. The van der Waals surface area contributed by atoms with Crippen molar-refractivity contribution < 1.29 is 80.2 Å². The number of phosphoric ester groups is 2. The molecule has 0 aliphatic carbocycles. The topological polar surface area (TPSA) is 237 Å². The summed E-state index contributed by atoms with van der Waals surface area (Å²) in [5, 5.41) is 10.6. The summed E-state index contributed by atoms with van der Waals surface area (Å²) >= 11 is 0. The Kier molecular flexibility index (Phi) is 61.5. The second-order valence-corrected chi connectivity index (χ2v) is 30.3. The number of phosphoric acid groups is 2. The molecule has 2 unspecified atom stereocenters. The van der Waals surface area contributed by atoms with Crippen LogP contribution >= 0.6 is 15.6 Å². The van der Waals surface area contributed by atoms with Gasteiger partial charge in [-0.15, -0.1) is 0 Å². The molecule has 0 spiro atoms. The maximum Gasteiger partial charge on any atom is 0.472 e. The molecule has 0 saturated heterocycles. The fourth-order valence-electron chi connectivity index (χ4n) is 10.9. The lowest BCUT2D eigenvalue weighted by Gasteiger charge is -2.21. The third-order valence-electron chi connectivity index (χ3n) is 16.6. The van der Waals surface area contributed by atoms with Gasteiger partial charge in [0.15, 0.2) is 12.2 Å². The van der Waals surface area contributed by atoms with Gasteiger partial charge in [-0.1, -0.05) is 312 Å². The first kappa shape index (κ1) is 89.1. The van der Waals surface area contributed by atoms with Gasteiger partial charge < -0.3 is 33.8 Å². The molecule has 540 valence electrons. The monoisotopic (exact) mass is 1340 g/mol. The van der Waals surface area contributed by atoms with Crippen LogP contribution in [0.3, 0.4) is 0 Å². The van der Waals surface area contributed by atoms with Crippen molar-refractivity contribution in [2.45, 2.75) is 381 Å². The van der Waals surface area contributed by atoms with E-state index in [4.69, 9.17) is 37.0 Å². The van der Waals surface area contributed by atoms with E-state index in [1.54, 1.807) is 0 Å². The smallest absolute Gasteiger partial charge is 0.462 e. The summed E-state index contributed by atoms with van der Waals surface area (Å²) in [5.74, 6) is -0.0523. The Morgan fingerprint density at radius 3 is 0.747 bits per heavy atom. The van der Waals surface area contributed by atoms with Crippen molar-refractivity contribution in [1.29, 1.82) is 0 Å². The molecule has 91 heavy (non-hydrogen) atoms. The fraction of sp³-hybridized carbons (Fsp3) is 0.944. The lowest BCUT2D eigenvalue weighted by molar-refractivity contribution is -0.161. The van der Waals surface area contributed by atoms with E-state index in [1.165, 1.54) is 161 Å². The van der Waals surface area contributed by atoms with Crippen molar-refractivity contribution in [3.63, 3.8) is 0 Å². The summed E-state index contributed by atoms with van der Waals surface area (Å²) < 4.78 is 68.2. The van der Waals surface area contributed by atoms with Gasteiger partial charge >= 0.3 is 39.5 Å². The van der Waals surface area contributed by atoms with E-state index in [9.17, 15) is 43.2 Å². The van der Waals surface area contributed by atoms with Crippen LogP contribution in [0.5, 0.6) is 0 Å². The van der Waals surface area contributed by atoms with Crippen LogP contribution in [-0.4, -0.2) is 96.7 Å². The minimum atomic E-state index is -4.95. The minimum Gasteiger partial charge on any atom is -0.462 e. The SMILES string of the molecule is CCCCCCCCCCCCCCCCCCCCCCCCC(=O)O[C@H](COC(=O)CCCCCCCCCC(C)C)COP(=O)(O)OC[C@@H](O)COP(=O)(O)OC[C@@H](COC(=O)CCCCCCCCC(C)C)OC(=O)CCCCCCCCCC(C)C. The van der Waals surface area contributed by atoms with Crippen LogP contribution in [0.2, 0.25) is 0 Å². The maximum atomic E-state index is 13.0. The Hall–Kier alpha value is -1.94. The summed E-state index contributed by atoms with van der Waals surface area (Å²) in [6, 6.07) is 0. The summed E-state index contributed by atoms with van der Waals surface area (Å²) in [6.07, 6.45) is 47.9. The quantitative estimate of drug-likeness (QED) is 0.0222. The third-order valence-corrected chi connectivity index (χ3v) is 18.5. The van der Waals surface area contributed by atoms with E-state index in [0.29, 0.717) is 43.4 Å². The van der Waals surface area contributed by atoms with Gasteiger partial charge in [0.2, 0.25) is 0 Å². The fourth-order valence-corrected chi connectivity index (χ4v) is 12.5. The summed E-state index contributed by atoms with van der Waals surface area (Å²) in [7, 11) is -9.90. The first-order chi connectivity index (χ1) is 43.7. The molecule has 19 heteroatoms. The van der Waals surface area contributed by atoms with Crippen molar-refractivity contribution in [1.82, 2.24) is 0 Å². The van der Waals surface area contributed by atoms with Crippen molar-refractivity contribution in [2.75, 3.05) is 39.6 Å². The van der Waals surface area contributed by atoms with Crippen LogP contribution < -0.4 is 0 Å². The largest absolute Gasteiger partial charge is 0.472 e. The number of aliphatic hydroxyl groups is 1. The van der Waals surface area contributed by atoms with Crippen molar-refractivity contribution in [2.24, 2.45) is 17.8 Å². The molecule has 0 fully saturated rings. The molecular weight excluding hydrogens is 1200 g/mol. The van der Waals surface area contributed by atoms with Gasteiger partial charge in [0.05, 0.1) is 26.4 Å². The summed E-state index contributed by atoms with van der Waals surface area (Å²) in [5.41, 5.74) is 0. The Morgan fingerprint density at radius 1 is 0.297 bits per heavy atom. The van der Waals surface area contributed by atoms with E-state index in [2.05, 4.69) is 48.5 Å². The molecule has 0 aliphatic rings. The van der Waals surface area contributed by atoms with Crippen LogP contribution in [0.25, 0.3) is 0 Å². The standard InChI is InChI=1S/C72H140O17P2/c1-8-9-10-11-12-13-14-15-16-17-18-19-20-21-22-23-24-25-26-31-41-48-55-71(76)88-67(59-82-69(74)53-46-39-32-27-29-36-43-50-63(2)3)61-86-90(78,79)84-57-66(73)58-85-91(80,81)87-62-68(60-83-70(75)54-47-40-35-34-38-45-52-65(6)7)89-72(77)56-49-42-33-28-30-37-44-51-64(4)5/h63-68,73H,8-62H2,1-7H3,(H,78,79)(H,80,81)/t66-,67-,68-/m1/s1. The van der Waals surface area contributed by atoms with E-state index in [-0.39, 0.29) is 25.7 Å². The molecule has 0 bridgehead atoms.